The summed E-state index contributed by atoms with van der Waals surface area (Å²) in [5, 5.41) is 10.4. The zero-order valence-electron chi connectivity index (χ0n) is 10.4. The third kappa shape index (κ3) is 2.72. The van der Waals surface area contributed by atoms with E-state index in [-0.39, 0.29) is 17.4 Å². The SMILES string of the molecule is CC1(C)CC1C(O)C(CN)c1ccc(Br)cc1. The lowest BCUT2D eigenvalue weighted by Crippen LogP contribution is -2.29. The Kier molecular flexibility index (Phi) is 3.62. The number of hydrogen-bond acceptors (Lipinski definition) is 2. The molecule has 3 unspecified atom stereocenters. The van der Waals surface area contributed by atoms with Crippen LogP contribution in [0.4, 0.5) is 0 Å². The lowest BCUT2D eigenvalue weighted by atomic mass is 9.88. The first-order chi connectivity index (χ1) is 7.95. The number of nitrogens with two attached hydrogens (primary N) is 1. The first-order valence-corrected chi connectivity index (χ1v) is 6.88. The highest BCUT2D eigenvalue weighted by Crippen LogP contribution is 2.55. The summed E-state index contributed by atoms with van der Waals surface area (Å²) in [5.41, 5.74) is 7.24. The number of aliphatic hydroxyl groups excluding tert-OH is 1. The van der Waals surface area contributed by atoms with Gasteiger partial charge >= 0.3 is 0 Å². The molecule has 0 heterocycles. The van der Waals surface area contributed by atoms with E-state index in [1.54, 1.807) is 0 Å². The van der Waals surface area contributed by atoms with Gasteiger partial charge in [0.2, 0.25) is 0 Å². The van der Waals surface area contributed by atoms with Crippen LogP contribution in [0, 0.1) is 11.3 Å². The molecule has 3 heteroatoms. The molecule has 0 radical (unpaired) electrons. The molecule has 3 atom stereocenters. The van der Waals surface area contributed by atoms with Crippen molar-refractivity contribution in [3.05, 3.63) is 34.3 Å². The fourth-order valence-electron chi connectivity index (χ4n) is 2.55. The summed E-state index contributed by atoms with van der Waals surface area (Å²) >= 11 is 3.42. The van der Waals surface area contributed by atoms with Crippen LogP contribution >= 0.6 is 15.9 Å². The Hall–Kier alpha value is -0.380. The first-order valence-electron chi connectivity index (χ1n) is 6.09. The molecule has 0 amide bonds. The van der Waals surface area contributed by atoms with Crippen LogP contribution in [0.2, 0.25) is 0 Å². The van der Waals surface area contributed by atoms with Crippen LogP contribution in [0.25, 0.3) is 0 Å². The van der Waals surface area contributed by atoms with Crippen LogP contribution in [0.15, 0.2) is 28.7 Å². The van der Waals surface area contributed by atoms with Crippen LogP contribution < -0.4 is 5.73 Å². The van der Waals surface area contributed by atoms with Gasteiger partial charge in [-0.2, -0.15) is 0 Å². The second kappa shape index (κ2) is 4.71. The van der Waals surface area contributed by atoms with Crippen molar-refractivity contribution in [2.24, 2.45) is 17.1 Å². The Morgan fingerprint density at radius 3 is 2.35 bits per heavy atom. The van der Waals surface area contributed by atoms with Crippen molar-refractivity contribution in [3.8, 4) is 0 Å². The molecule has 0 spiro atoms. The van der Waals surface area contributed by atoms with Crippen LogP contribution in [-0.4, -0.2) is 17.8 Å². The van der Waals surface area contributed by atoms with Gasteiger partial charge in [0, 0.05) is 16.9 Å². The van der Waals surface area contributed by atoms with Gasteiger partial charge in [-0.15, -0.1) is 0 Å². The molecular weight excluding hydrogens is 278 g/mol. The number of benzene rings is 1. The molecule has 1 aliphatic rings. The Labute approximate surface area is 111 Å². The molecule has 2 nitrogen and oxygen atoms in total. The van der Waals surface area contributed by atoms with E-state index in [1.165, 1.54) is 0 Å². The summed E-state index contributed by atoms with van der Waals surface area (Å²) in [6, 6.07) is 8.09. The van der Waals surface area contributed by atoms with Crippen molar-refractivity contribution in [2.45, 2.75) is 32.3 Å². The number of halogens is 1. The first kappa shape index (κ1) is 13.1. The van der Waals surface area contributed by atoms with Gasteiger partial charge in [0.05, 0.1) is 6.10 Å². The summed E-state index contributed by atoms with van der Waals surface area (Å²) in [7, 11) is 0. The van der Waals surface area contributed by atoms with Gasteiger partial charge in [0.15, 0.2) is 0 Å². The number of rotatable bonds is 4. The van der Waals surface area contributed by atoms with E-state index in [0.29, 0.717) is 12.5 Å². The Morgan fingerprint density at radius 2 is 1.94 bits per heavy atom. The topological polar surface area (TPSA) is 46.2 Å². The second-order valence-corrected chi connectivity index (χ2v) is 6.60. The molecule has 1 aliphatic carbocycles. The van der Waals surface area contributed by atoms with E-state index < -0.39 is 0 Å². The zero-order chi connectivity index (χ0) is 12.6. The highest BCUT2D eigenvalue weighted by molar-refractivity contribution is 9.10. The van der Waals surface area contributed by atoms with Crippen molar-refractivity contribution in [1.82, 2.24) is 0 Å². The van der Waals surface area contributed by atoms with Crippen molar-refractivity contribution in [2.75, 3.05) is 6.54 Å². The molecule has 0 aliphatic heterocycles. The van der Waals surface area contributed by atoms with E-state index in [0.717, 1.165) is 16.5 Å². The molecule has 1 saturated carbocycles. The fourth-order valence-corrected chi connectivity index (χ4v) is 2.82. The molecule has 3 N–H and O–H groups in total. The molecular formula is C14H20BrNO. The van der Waals surface area contributed by atoms with Crippen molar-refractivity contribution < 1.29 is 5.11 Å². The third-order valence-electron chi connectivity index (χ3n) is 3.97. The average Bonchev–Trinajstić information content (AvgIpc) is 2.91. The van der Waals surface area contributed by atoms with Crippen LogP contribution in [0.1, 0.15) is 31.7 Å². The molecule has 1 aromatic rings. The maximum Gasteiger partial charge on any atom is 0.0654 e. The highest BCUT2D eigenvalue weighted by Gasteiger charge is 2.51. The Balaban J connectivity index is 2.14. The minimum atomic E-state index is -0.323. The predicted octanol–water partition coefficient (Wildman–Crippen LogP) is 2.90. The maximum absolute atomic E-state index is 10.4. The van der Waals surface area contributed by atoms with Crippen molar-refractivity contribution in [3.63, 3.8) is 0 Å². The molecule has 0 bridgehead atoms. The second-order valence-electron chi connectivity index (χ2n) is 5.68. The van der Waals surface area contributed by atoms with Gasteiger partial charge in [-0.25, -0.2) is 0 Å². The van der Waals surface area contributed by atoms with E-state index in [9.17, 15) is 5.11 Å². The van der Waals surface area contributed by atoms with Gasteiger partial charge in [0.25, 0.3) is 0 Å². The highest BCUT2D eigenvalue weighted by atomic mass is 79.9. The Bertz CT molecular complexity index is 388. The normalized spacial score (nSPS) is 25.4. The predicted molar refractivity (Wildman–Crippen MR) is 73.8 cm³/mol. The van der Waals surface area contributed by atoms with Gasteiger partial charge in [-0.3, -0.25) is 0 Å². The van der Waals surface area contributed by atoms with Crippen molar-refractivity contribution in [1.29, 1.82) is 0 Å². The molecule has 94 valence electrons. The molecule has 1 fully saturated rings. The van der Waals surface area contributed by atoms with Gasteiger partial charge < -0.3 is 10.8 Å². The zero-order valence-corrected chi connectivity index (χ0v) is 11.9. The molecule has 0 saturated heterocycles. The van der Waals surface area contributed by atoms with E-state index in [1.807, 2.05) is 24.3 Å². The van der Waals surface area contributed by atoms with E-state index >= 15 is 0 Å². The van der Waals surface area contributed by atoms with Gasteiger partial charge in [-0.05, 0) is 35.4 Å². The summed E-state index contributed by atoms with van der Waals surface area (Å²) in [6.45, 7) is 4.90. The number of aliphatic hydroxyl groups is 1. The average molecular weight is 298 g/mol. The smallest absolute Gasteiger partial charge is 0.0654 e. The number of hydrogen-bond donors (Lipinski definition) is 2. The molecule has 2 rings (SSSR count). The molecule has 17 heavy (non-hydrogen) atoms. The summed E-state index contributed by atoms with van der Waals surface area (Å²) in [4.78, 5) is 0. The molecule has 0 aromatic heterocycles. The van der Waals surface area contributed by atoms with Crippen LogP contribution in [0.5, 0.6) is 0 Å². The maximum atomic E-state index is 10.4. The third-order valence-corrected chi connectivity index (χ3v) is 4.49. The summed E-state index contributed by atoms with van der Waals surface area (Å²) in [6.07, 6.45) is 0.775. The van der Waals surface area contributed by atoms with Crippen molar-refractivity contribution >= 4 is 15.9 Å². The lowest BCUT2D eigenvalue weighted by molar-refractivity contribution is 0.109. The van der Waals surface area contributed by atoms with Gasteiger partial charge in [0.1, 0.15) is 0 Å². The lowest BCUT2D eigenvalue weighted by Gasteiger charge is -2.23. The standard InChI is InChI=1S/C14H20BrNO/c1-14(2)7-12(14)13(17)11(8-16)9-3-5-10(15)6-4-9/h3-6,11-13,17H,7-8,16H2,1-2H3. The summed E-state index contributed by atoms with van der Waals surface area (Å²) in [5.74, 6) is 0.439. The monoisotopic (exact) mass is 297 g/mol. The minimum Gasteiger partial charge on any atom is -0.392 e. The van der Waals surface area contributed by atoms with Crippen LogP contribution in [-0.2, 0) is 0 Å². The van der Waals surface area contributed by atoms with E-state index in [2.05, 4.69) is 29.8 Å². The Morgan fingerprint density at radius 1 is 1.41 bits per heavy atom. The van der Waals surface area contributed by atoms with Crippen LogP contribution in [0.3, 0.4) is 0 Å². The quantitative estimate of drug-likeness (QED) is 0.898. The molecule has 1 aromatic carbocycles. The fraction of sp³-hybridized carbons (Fsp3) is 0.571. The largest absolute Gasteiger partial charge is 0.392 e. The summed E-state index contributed by atoms with van der Waals surface area (Å²) < 4.78 is 1.05. The van der Waals surface area contributed by atoms with Gasteiger partial charge in [-0.1, -0.05) is 41.9 Å². The minimum absolute atomic E-state index is 0.0508. The van der Waals surface area contributed by atoms with E-state index in [4.69, 9.17) is 5.73 Å².